The molecule has 2 aromatic carbocycles. The van der Waals surface area contributed by atoms with E-state index in [4.69, 9.17) is 0 Å². The van der Waals surface area contributed by atoms with Gasteiger partial charge in [-0.25, -0.2) is 0 Å². The number of aryl methyl sites for hydroxylation is 2. The molecule has 2 aromatic rings. The van der Waals surface area contributed by atoms with Gasteiger partial charge >= 0.3 is 172 Å². The summed E-state index contributed by atoms with van der Waals surface area (Å²) in [5, 5.41) is 2.87. The standard InChI is InChI=1S/C34H48N2.2C21H43.Ni/c1-5-9-13-14-21-33(32(27-36-35)19-12-8-4)34(30-24-22-28(23-25-30)16-10-6-2)31-20-15-18-29(26-31)17-11-7-3;2*1-3-5-7-9-11-13-15-17-19-21-20-18-16-14-12-10-8-6-4-2;/h15,18,20,22-26H,5-14,16-17,19,21H2,1-4H3;2*1,3-21H2,2H3;. The van der Waals surface area contributed by atoms with Crippen molar-refractivity contribution in [1.29, 1.82) is 0 Å². The molecule has 0 bridgehead atoms. The molecule has 0 radical (unpaired) electrons. The second kappa shape index (κ2) is 60.4. The van der Waals surface area contributed by atoms with E-state index < -0.39 is 0 Å². The van der Waals surface area contributed by atoms with Crippen LogP contribution in [0.25, 0.3) is 11.1 Å². The molecule has 0 heterocycles. The molecule has 2 rings (SSSR count). The first kappa shape index (κ1) is 74.8. The van der Waals surface area contributed by atoms with Crippen molar-refractivity contribution >= 4 is 11.4 Å². The van der Waals surface area contributed by atoms with Gasteiger partial charge in [0.1, 0.15) is 0 Å². The van der Waals surface area contributed by atoms with Crippen LogP contribution >= 0.6 is 0 Å². The summed E-state index contributed by atoms with van der Waals surface area (Å²) in [6, 6.07) is 18.3. The number of hydrogen-bond donors (Lipinski definition) is 0. The summed E-state index contributed by atoms with van der Waals surface area (Å²) in [5.41, 5.74) is 18.5. The Hall–Kier alpha value is -2.17. The molecule has 0 unspecified atom stereocenters. The zero-order valence-corrected chi connectivity index (χ0v) is 55.0. The van der Waals surface area contributed by atoms with E-state index in [1.165, 1.54) is 333 Å². The summed E-state index contributed by atoms with van der Waals surface area (Å²) in [6.45, 7) is 13.6. The van der Waals surface area contributed by atoms with E-state index in [0.717, 1.165) is 50.5 Å². The first-order valence-electron chi connectivity index (χ1n) is 35.4. The van der Waals surface area contributed by atoms with Crippen molar-refractivity contribution in [2.45, 2.75) is 386 Å². The third-order valence-electron chi connectivity index (χ3n) is 16.7. The summed E-state index contributed by atoms with van der Waals surface area (Å²) in [7, 11) is 0. The number of rotatable bonds is 57. The molecule has 0 N–H and O–H groups in total. The van der Waals surface area contributed by atoms with Gasteiger partial charge in [-0.2, -0.15) is 0 Å². The Bertz CT molecular complexity index is 1650. The summed E-state index contributed by atoms with van der Waals surface area (Å²) < 4.78 is 0. The van der Waals surface area contributed by atoms with Gasteiger partial charge in [-0.3, -0.25) is 0 Å². The molecule has 0 spiro atoms. The van der Waals surface area contributed by atoms with Crippen LogP contribution in [0.15, 0.2) is 59.7 Å². The smallest absolute Gasteiger partial charge is 0.0654 e. The molecule has 3 heteroatoms. The minimum absolute atomic E-state index is 0.886. The first-order valence-corrected chi connectivity index (χ1v) is 36.8. The van der Waals surface area contributed by atoms with Gasteiger partial charge in [0, 0.05) is 0 Å². The van der Waals surface area contributed by atoms with Gasteiger partial charge in [-0.15, -0.1) is 4.79 Å². The van der Waals surface area contributed by atoms with Crippen LogP contribution in [0.5, 0.6) is 0 Å². The molecule has 0 saturated heterocycles. The van der Waals surface area contributed by atoms with Gasteiger partial charge in [0.15, 0.2) is 0 Å². The van der Waals surface area contributed by atoms with Crippen molar-refractivity contribution in [2.24, 2.45) is 0 Å². The Morgan fingerprint density at radius 3 is 1.05 bits per heavy atom. The van der Waals surface area contributed by atoms with Gasteiger partial charge < -0.3 is 5.53 Å². The third-order valence-corrected chi connectivity index (χ3v) is 18.1. The number of benzene rings is 2. The molecule has 0 saturated carbocycles. The maximum absolute atomic E-state index is 9.55. The van der Waals surface area contributed by atoms with E-state index in [0.29, 0.717) is 0 Å². The molecule has 0 atom stereocenters. The molecule has 0 aliphatic rings. The molecule has 0 aliphatic carbocycles. The minimum Gasteiger partial charge on any atom is -0.0654 e. The SMILES string of the molecule is CCCCCCC(C(=C=[N+]=[N-])CCCC)=C(c1ccc(CCCC)cc1)c1cccc(CCCC)c1.CCCCCCCCCCCCCCCCCCCC[CH2][Ni][CH2]CCCCCCCCCCCCCCCCCCCC. The molecule has 79 heavy (non-hydrogen) atoms. The summed E-state index contributed by atoms with van der Waals surface area (Å²) in [5.74, 6) is 3.01. The number of hydrogen-bond acceptors (Lipinski definition) is 0. The van der Waals surface area contributed by atoms with Crippen LogP contribution in [-0.2, 0) is 27.3 Å². The molecular weight excluding hydrogens is 1000 g/mol. The average molecular weight is 1130 g/mol. The summed E-state index contributed by atoms with van der Waals surface area (Å²) in [6.07, 6.45) is 72.2. The maximum atomic E-state index is 9.55. The van der Waals surface area contributed by atoms with E-state index in [-0.39, 0.29) is 0 Å². The zero-order chi connectivity index (χ0) is 57.0. The number of nitrogens with zero attached hydrogens (tertiary/aromatic N) is 2. The van der Waals surface area contributed by atoms with Crippen LogP contribution in [-0.4, -0.2) is 10.7 Å². The van der Waals surface area contributed by atoms with Crippen molar-refractivity contribution in [3.8, 4) is 0 Å². The van der Waals surface area contributed by atoms with E-state index in [1.807, 2.05) is 14.4 Å². The van der Waals surface area contributed by atoms with Crippen molar-refractivity contribution in [3.63, 3.8) is 0 Å². The predicted molar refractivity (Wildman–Crippen MR) is 353 cm³/mol. The van der Waals surface area contributed by atoms with Gasteiger partial charge in [-0.1, -0.05) is 231 Å². The molecule has 2 nitrogen and oxygen atoms in total. The molecule has 458 valence electrons. The summed E-state index contributed by atoms with van der Waals surface area (Å²) in [4.78, 5) is 3.41. The van der Waals surface area contributed by atoms with Crippen LogP contribution in [0.4, 0.5) is 0 Å². The molecule has 0 fully saturated rings. The van der Waals surface area contributed by atoms with Gasteiger partial charge in [0.05, 0.1) is 5.57 Å². The second-order valence-electron chi connectivity index (χ2n) is 24.3. The summed E-state index contributed by atoms with van der Waals surface area (Å²) >= 11 is 2.05. The van der Waals surface area contributed by atoms with Crippen LogP contribution in [0.1, 0.15) is 385 Å². The Labute approximate surface area is 501 Å². The Morgan fingerprint density at radius 1 is 0.342 bits per heavy atom. The third kappa shape index (κ3) is 46.0. The minimum atomic E-state index is 0.886. The van der Waals surface area contributed by atoms with Crippen molar-refractivity contribution in [1.82, 2.24) is 0 Å². The van der Waals surface area contributed by atoms with E-state index in [1.54, 1.807) is 0 Å². The van der Waals surface area contributed by atoms with Gasteiger partial charge in [0.2, 0.25) is 0 Å². The first-order chi connectivity index (χ1) is 39.1. The Balaban J connectivity index is 0.000000801. The van der Waals surface area contributed by atoms with Gasteiger partial charge in [0.25, 0.3) is 0 Å². The van der Waals surface area contributed by atoms with E-state index in [9.17, 15) is 5.53 Å². The quantitative estimate of drug-likeness (QED) is 0.0158. The van der Waals surface area contributed by atoms with Gasteiger partial charge in [-0.05, 0) is 84.8 Å². The van der Waals surface area contributed by atoms with Crippen molar-refractivity contribution in [3.05, 3.63) is 87.5 Å². The number of unbranched alkanes of at least 4 members (excludes halogenated alkanes) is 42. The van der Waals surface area contributed by atoms with Crippen LogP contribution in [0.2, 0.25) is 10.8 Å². The monoisotopic (exact) mass is 1130 g/mol. The van der Waals surface area contributed by atoms with Crippen molar-refractivity contribution < 1.29 is 19.2 Å². The molecule has 0 amide bonds. The molecule has 0 aliphatic heterocycles. The van der Waals surface area contributed by atoms with Crippen LogP contribution in [0, 0.1) is 0 Å². The fourth-order valence-corrected chi connectivity index (χ4v) is 12.6. The number of allylic oxidation sites excluding steroid dienone is 2. The fourth-order valence-electron chi connectivity index (χ4n) is 11.4. The fraction of sp³-hybridized carbons (Fsp3) is 0.789. The van der Waals surface area contributed by atoms with Crippen LogP contribution < -0.4 is 0 Å². The predicted octanol–water partition coefficient (Wildman–Crippen LogP) is 26.9. The second-order valence-corrected chi connectivity index (χ2v) is 25.7. The topological polar surface area (TPSA) is 36.4 Å². The zero-order valence-electron chi connectivity index (χ0n) is 54.0. The Kier molecular flexibility index (Phi) is 57.2. The normalized spacial score (nSPS) is 11.6. The average Bonchev–Trinajstić information content (AvgIpc) is 3.52. The van der Waals surface area contributed by atoms with Crippen LogP contribution in [0.3, 0.4) is 0 Å². The molecule has 0 aromatic heterocycles. The van der Waals surface area contributed by atoms with Crippen molar-refractivity contribution in [2.75, 3.05) is 0 Å². The van der Waals surface area contributed by atoms with E-state index >= 15 is 0 Å². The van der Waals surface area contributed by atoms with E-state index in [2.05, 4.69) is 101 Å². The molecular formula is C76H134N2Ni. The Morgan fingerprint density at radius 2 is 0.684 bits per heavy atom.